The molecule has 0 saturated carbocycles. The molecule has 0 fully saturated rings. The van der Waals surface area contributed by atoms with E-state index in [0.29, 0.717) is 30.1 Å². The quantitative estimate of drug-likeness (QED) is 0.191. The highest BCUT2D eigenvalue weighted by molar-refractivity contribution is 5.90. The molecule has 0 radical (unpaired) electrons. The number of aromatic nitrogens is 5. The molecule has 0 aliphatic heterocycles. The van der Waals surface area contributed by atoms with Crippen molar-refractivity contribution < 1.29 is 28.2 Å². The van der Waals surface area contributed by atoms with Gasteiger partial charge in [-0.2, -0.15) is 10.1 Å². The monoisotopic (exact) mass is 581 g/mol. The first kappa shape index (κ1) is 27.7. The van der Waals surface area contributed by atoms with Crippen LogP contribution in [0.2, 0.25) is 0 Å². The Balaban J connectivity index is 1.23. The van der Waals surface area contributed by atoms with E-state index < -0.39 is 17.6 Å². The minimum absolute atomic E-state index is 0.0648. The van der Waals surface area contributed by atoms with E-state index in [1.807, 2.05) is 24.3 Å². The minimum atomic E-state index is -1.10. The molecule has 6 aromatic rings. The molecule has 11 heteroatoms. The fourth-order valence-corrected chi connectivity index (χ4v) is 4.74. The van der Waals surface area contributed by atoms with Crippen molar-refractivity contribution in [3.63, 3.8) is 0 Å². The second kappa shape index (κ2) is 11.5. The number of rotatable bonds is 9. The number of ether oxygens (including phenoxy) is 2. The largest absolute Gasteiger partial charge is 0.478 e. The molecule has 2 aromatic heterocycles. The van der Waals surface area contributed by atoms with E-state index in [1.165, 1.54) is 6.07 Å². The summed E-state index contributed by atoms with van der Waals surface area (Å²) in [4.78, 5) is 22.7. The average molecular weight is 582 g/mol. The standard InChI is InChI=1S/C32H25F2N5O4/c1-18-3-12-23(15-24(18)31(40)41)43-32-36-26-16-25(33)27(28(34)29(26)37-32)21-8-4-19(5-9-21)20-6-10-22(11-7-20)30-35-17-39(38-30)13-14-42-2/h3-12,15-17H,13-14H2,1-2H3,(H,36,37)(H,40,41). The van der Waals surface area contributed by atoms with Gasteiger partial charge in [0.2, 0.25) is 0 Å². The van der Waals surface area contributed by atoms with Gasteiger partial charge in [0.15, 0.2) is 11.6 Å². The SMILES string of the molecule is COCCn1cnc(-c2ccc(-c3ccc(-c4c(F)cc5[nH]c(Oc6ccc(C)c(C(=O)O)c6)nc5c4F)cc3)cc2)n1. The summed E-state index contributed by atoms with van der Waals surface area (Å²) in [6.45, 7) is 2.82. The van der Waals surface area contributed by atoms with Crippen molar-refractivity contribution in [2.75, 3.05) is 13.7 Å². The maximum absolute atomic E-state index is 15.6. The number of fused-ring (bicyclic) bond motifs is 1. The molecular weight excluding hydrogens is 556 g/mol. The molecule has 0 aliphatic rings. The molecular formula is C32H25F2N5O4. The molecule has 4 aromatic carbocycles. The highest BCUT2D eigenvalue weighted by Crippen LogP contribution is 2.34. The fraction of sp³-hybridized carbons (Fsp3) is 0.125. The number of benzene rings is 4. The summed E-state index contributed by atoms with van der Waals surface area (Å²) >= 11 is 0. The molecule has 2 heterocycles. The number of H-pyrrole nitrogens is 1. The van der Waals surface area contributed by atoms with Crippen molar-refractivity contribution in [2.45, 2.75) is 13.5 Å². The highest BCUT2D eigenvalue weighted by atomic mass is 19.1. The highest BCUT2D eigenvalue weighted by Gasteiger charge is 2.20. The number of nitrogens with one attached hydrogen (secondary N) is 1. The fourth-order valence-electron chi connectivity index (χ4n) is 4.74. The van der Waals surface area contributed by atoms with Gasteiger partial charge in [-0.25, -0.2) is 18.6 Å². The van der Waals surface area contributed by atoms with E-state index in [2.05, 4.69) is 20.1 Å². The van der Waals surface area contributed by atoms with Crippen molar-refractivity contribution in [3.05, 3.63) is 102 Å². The number of aryl methyl sites for hydroxylation is 1. The maximum atomic E-state index is 15.6. The first-order chi connectivity index (χ1) is 20.8. The van der Waals surface area contributed by atoms with Crippen LogP contribution in [0.5, 0.6) is 11.8 Å². The Hall–Kier alpha value is -5.42. The molecule has 0 spiro atoms. The minimum Gasteiger partial charge on any atom is -0.478 e. The lowest BCUT2D eigenvalue weighted by Gasteiger charge is -2.08. The summed E-state index contributed by atoms with van der Waals surface area (Å²) in [7, 11) is 1.63. The number of hydrogen-bond acceptors (Lipinski definition) is 6. The van der Waals surface area contributed by atoms with E-state index >= 15 is 8.78 Å². The van der Waals surface area contributed by atoms with Crippen molar-refractivity contribution in [3.8, 4) is 45.4 Å². The summed E-state index contributed by atoms with van der Waals surface area (Å²) in [5.41, 5.74) is 3.40. The Morgan fingerprint density at radius 1 is 0.953 bits per heavy atom. The van der Waals surface area contributed by atoms with Gasteiger partial charge in [0.1, 0.15) is 23.4 Å². The van der Waals surface area contributed by atoms with Crippen LogP contribution in [-0.4, -0.2) is 49.5 Å². The second-order valence-corrected chi connectivity index (χ2v) is 9.85. The molecule has 43 heavy (non-hydrogen) atoms. The molecule has 2 N–H and O–H groups in total. The van der Waals surface area contributed by atoms with Gasteiger partial charge >= 0.3 is 5.97 Å². The summed E-state index contributed by atoms with van der Waals surface area (Å²) in [5.74, 6) is -1.91. The van der Waals surface area contributed by atoms with Crippen LogP contribution >= 0.6 is 0 Å². The van der Waals surface area contributed by atoms with Crippen LogP contribution < -0.4 is 4.74 Å². The van der Waals surface area contributed by atoms with Crippen LogP contribution in [0.1, 0.15) is 15.9 Å². The summed E-state index contributed by atoms with van der Waals surface area (Å²) in [6.07, 6.45) is 1.66. The topological polar surface area (TPSA) is 115 Å². The summed E-state index contributed by atoms with van der Waals surface area (Å²) < 4.78 is 43.2. The van der Waals surface area contributed by atoms with Gasteiger partial charge in [0.25, 0.3) is 6.01 Å². The predicted octanol–water partition coefficient (Wildman–Crippen LogP) is 6.88. The number of nitrogens with zero attached hydrogens (tertiary/aromatic N) is 4. The second-order valence-electron chi connectivity index (χ2n) is 9.85. The zero-order valence-electron chi connectivity index (χ0n) is 23.1. The molecule has 0 amide bonds. The zero-order valence-corrected chi connectivity index (χ0v) is 23.1. The first-order valence-corrected chi connectivity index (χ1v) is 13.3. The van der Waals surface area contributed by atoms with Crippen LogP contribution in [0, 0.1) is 18.6 Å². The smallest absolute Gasteiger partial charge is 0.336 e. The Morgan fingerprint density at radius 2 is 1.63 bits per heavy atom. The van der Waals surface area contributed by atoms with E-state index in [0.717, 1.165) is 22.8 Å². The lowest BCUT2D eigenvalue weighted by Crippen LogP contribution is -2.04. The third-order valence-electron chi connectivity index (χ3n) is 7.01. The summed E-state index contributed by atoms with van der Waals surface area (Å²) in [5, 5.41) is 13.8. The number of aromatic carboxylic acids is 1. The molecule has 0 unspecified atom stereocenters. The average Bonchev–Trinajstić information content (AvgIpc) is 3.64. The van der Waals surface area contributed by atoms with Crippen LogP contribution in [0.15, 0.2) is 79.1 Å². The van der Waals surface area contributed by atoms with Gasteiger partial charge in [-0.1, -0.05) is 54.6 Å². The maximum Gasteiger partial charge on any atom is 0.336 e. The van der Waals surface area contributed by atoms with E-state index in [-0.39, 0.29) is 33.9 Å². The van der Waals surface area contributed by atoms with Gasteiger partial charge in [-0.15, -0.1) is 0 Å². The Bertz CT molecular complexity index is 1950. The Kier molecular flexibility index (Phi) is 7.39. The number of carboxylic acids is 1. The van der Waals surface area contributed by atoms with Gasteiger partial charge in [0, 0.05) is 18.7 Å². The Labute approximate surface area is 244 Å². The van der Waals surface area contributed by atoms with Gasteiger partial charge < -0.3 is 19.6 Å². The number of halogens is 2. The van der Waals surface area contributed by atoms with Crippen molar-refractivity contribution in [1.82, 2.24) is 24.7 Å². The lowest BCUT2D eigenvalue weighted by molar-refractivity contribution is 0.0695. The number of methoxy groups -OCH3 is 1. The molecule has 9 nitrogen and oxygen atoms in total. The number of carboxylic acid groups (broad SMARTS) is 1. The number of aromatic amines is 1. The van der Waals surface area contributed by atoms with Crippen LogP contribution in [0.4, 0.5) is 8.78 Å². The van der Waals surface area contributed by atoms with Crippen molar-refractivity contribution >= 4 is 17.0 Å². The third-order valence-corrected chi connectivity index (χ3v) is 7.01. The normalized spacial score (nSPS) is 11.3. The predicted molar refractivity (Wildman–Crippen MR) is 156 cm³/mol. The van der Waals surface area contributed by atoms with Gasteiger partial charge in [-0.05, 0) is 41.3 Å². The number of imidazole rings is 1. The molecule has 216 valence electrons. The molecule has 0 saturated heterocycles. The van der Waals surface area contributed by atoms with E-state index in [1.54, 1.807) is 61.4 Å². The third kappa shape index (κ3) is 5.57. The van der Waals surface area contributed by atoms with E-state index in [9.17, 15) is 9.90 Å². The Morgan fingerprint density at radius 3 is 2.30 bits per heavy atom. The molecule has 0 bridgehead atoms. The van der Waals surface area contributed by atoms with Crippen LogP contribution in [0.25, 0.3) is 44.7 Å². The molecule has 0 aliphatic carbocycles. The van der Waals surface area contributed by atoms with Crippen molar-refractivity contribution in [2.24, 2.45) is 0 Å². The van der Waals surface area contributed by atoms with Crippen LogP contribution in [0.3, 0.4) is 0 Å². The molecule has 0 atom stereocenters. The van der Waals surface area contributed by atoms with Crippen molar-refractivity contribution in [1.29, 1.82) is 0 Å². The summed E-state index contributed by atoms with van der Waals surface area (Å²) in [6, 6.07) is 20.2. The number of carbonyl (C=O) groups is 1. The van der Waals surface area contributed by atoms with E-state index in [4.69, 9.17) is 9.47 Å². The lowest BCUT2D eigenvalue weighted by atomic mass is 9.98. The number of hydrogen-bond donors (Lipinski definition) is 2. The first-order valence-electron chi connectivity index (χ1n) is 13.3. The zero-order chi connectivity index (χ0) is 30.1. The van der Waals surface area contributed by atoms with Gasteiger partial charge in [0.05, 0.1) is 29.8 Å². The van der Waals surface area contributed by atoms with Gasteiger partial charge in [-0.3, -0.25) is 4.68 Å². The molecule has 6 rings (SSSR count). The van der Waals surface area contributed by atoms with Crippen LogP contribution in [-0.2, 0) is 11.3 Å².